The summed E-state index contributed by atoms with van der Waals surface area (Å²) in [5, 5.41) is 0. The molecule has 0 aromatic carbocycles. The summed E-state index contributed by atoms with van der Waals surface area (Å²) in [5.41, 5.74) is 0. The first kappa shape index (κ1) is 5.00. The van der Waals surface area contributed by atoms with Crippen LogP contribution in [0.15, 0.2) is 0 Å². The lowest BCUT2D eigenvalue weighted by molar-refractivity contribution is 0.992. The minimum atomic E-state index is -0.463. The Balaban J connectivity index is 2.54. The fraction of sp³-hybridized carbons (Fsp3) is 0.200. The van der Waals surface area contributed by atoms with E-state index in [1.165, 1.54) is 6.42 Å². The van der Waals surface area contributed by atoms with Gasteiger partial charge in [0.1, 0.15) is 0 Å². The zero-order chi connectivity index (χ0) is 4.28. The molecule has 0 saturated heterocycles. The highest BCUT2D eigenvalue weighted by molar-refractivity contribution is 4.81. The molecule has 0 saturated carbocycles. The predicted octanol–water partition coefficient (Wildman–Crippen LogP) is 0.940. The first-order valence-electron chi connectivity index (χ1n) is 1.33. The standard InChI is InChI=1S/C5H5/c1-4-5(2)3/h1-5H. The predicted molar refractivity (Wildman–Crippen MR) is 20.7 cm³/mol. The molecule has 0 atom stereocenters. The third-order valence-electron chi connectivity index (χ3n) is 0.222. The number of hydrogen-bond donors (Lipinski definition) is 0. The average molecular weight is 65.1 g/mol. The monoisotopic (exact) mass is 65.0 g/mol. The smallest absolute Gasteiger partial charge is 0.0312 e. The van der Waals surface area contributed by atoms with Crippen LogP contribution >= 0.6 is 0 Å². The Bertz CT molecular complexity index is 14.0. The van der Waals surface area contributed by atoms with Gasteiger partial charge in [-0.2, -0.15) is 0 Å². The summed E-state index contributed by atoms with van der Waals surface area (Å²) in [7, 11) is 0. The van der Waals surface area contributed by atoms with Gasteiger partial charge in [-0.1, -0.05) is 0 Å². The normalized spacial score (nSPS) is 9.60. The van der Waals surface area contributed by atoms with E-state index in [0.717, 1.165) is 0 Å². The lowest BCUT2D eigenvalue weighted by Gasteiger charge is -1.88. The van der Waals surface area contributed by atoms with Gasteiger partial charge in [-0.25, -0.2) is 0 Å². The quantitative estimate of drug-likeness (QED) is 0.426. The Hall–Kier alpha value is 0. The summed E-state index contributed by atoms with van der Waals surface area (Å²) in [6.07, 6.45) is 1.22. The van der Waals surface area contributed by atoms with Crippen LogP contribution in [0.4, 0.5) is 0 Å². The van der Waals surface area contributed by atoms with Crippen molar-refractivity contribution in [2.75, 3.05) is 0 Å². The maximum Gasteiger partial charge on any atom is -0.0312 e. The molecule has 0 aliphatic heterocycles. The molecule has 0 spiro atoms. The fourth-order valence-electron chi connectivity index (χ4n) is 0. The SMILES string of the molecule is [CH][CH]C([CH])[CH]. The Morgan fingerprint density at radius 2 is 1.60 bits per heavy atom. The van der Waals surface area contributed by atoms with E-state index < -0.39 is 5.92 Å². The maximum absolute atomic E-state index is 4.89. The molecular formula is C5H5. The fourth-order valence-corrected chi connectivity index (χ4v) is 0. The highest BCUT2D eigenvalue weighted by Gasteiger charge is 1.82. The van der Waals surface area contributed by atoms with E-state index >= 15 is 0 Å². The van der Waals surface area contributed by atoms with Crippen LogP contribution in [0.2, 0.25) is 0 Å². The topological polar surface area (TPSA) is 0 Å². The molecule has 0 unspecified atom stereocenters. The van der Waals surface area contributed by atoms with E-state index in [2.05, 4.69) is 0 Å². The lowest BCUT2D eigenvalue weighted by atomic mass is 10.2. The summed E-state index contributed by atoms with van der Waals surface area (Å²) in [5.74, 6) is -0.463. The van der Waals surface area contributed by atoms with Crippen LogP contribution in [0.1, 0.15) is 0 Å². The van der Waals surface area contributed by atoms with Crippen LogP contribution in [-0.2, 0) is 0 Å². The first-order chi connectivity index (χ1) is 2.27. The minimum Gasteiger partial charge on any atom is -0.0312 e. The van der Waals surface area contributed by atoms with Crippen LogP contribution in [0.3, 0.4) is 0 Å². The van der Waals surface area contributed by atoms with Crippen LogP contribution in [-0.4, -0.2) is 0 Å². The van der Waals surface area contributed by atoms with Crippen LogP contribution in [0.25, 0.3) is 0 Å². The molecule has 0 rings (SSSR count). The molecule has 0 amide bonds. The Morgan fingerprint density at radius 1 is 1.40 bits per heavy atom. The molecule has 0 aromatic heterocycles. The molecule has 25 valence electrons. The van der Waals surface area contributed by atoms with Gasteiger partial charge in [-0.15, -0.1) is 0 Å². The summed E-state index contributed by atoms with van der Waals surface area (Å²) >= 11 is 0. The maximum atomic E-state index is 4.89. The molecule has 0 heterocycles. The van der Waals surface area contributed by atoms with Crippen LogP contribution in [0, 0.1) is 33.1 Å². The second-order valence-corrected chi connectivity index (χ2v) is 0.770. The molecule has 0 heteroatoms. The highest BCUT2D eigenvalue weighted by Crippen LogP contribution is 1.90. The van der Waals surface area contributed by atoms with Crippen molar-refractivity contribution in [1.29, 1.82) is 0 Å². The molecule has 0 N–H and O–H groups in total. The van der Waals surface area contributed by atoms with Gasteiger partial charge >= 0.3 is 0 Å². The average Bonchev–Trinajstić information content (AvgIpc) is 1.38. The van der Waals surface area contributed by atoms with Gasteiger partial charge in [0.05, 0.1) is 0 Å². The van der Waals surface area contributed by atoms with Crippen molar-refractivity contribution in [2.45, 2.75) is 0 Å². The van der Waals surface area contributed by atoms with Gasteiger partial charge in [0.2, 0.25) is 0 Å². The second kappa shape index (κ2) is 2.25. The summed E-state index contributed by atoms with van der Waals surface area (Å²) in [4.78, 5) is 0. The molecule has 0 fully saturated rings. The van der Waals surface area contributed by atoms with Crippen molar-refractivity contribution >= 4 is 0 Å². The van der Waals surface area contributed by atoms with Crippen molar-refractivity contribution < 1.29 is 0 Å². The van der Waals surface area contributed by atoms with Gasteiger partial charge in [-0.05, 0) is 33.1 Å². The zero-order valence-corrected chi connectivity index (χ0v) is 2.89. The van der Waals surface area contributed by atoms with Gasteiger partial charge in [-0.3, -0.25) is 0 Å². The van der Waals surface area contributed by atoms with Crippen molar-refractivity contribution in [2.24, 2.45) is 5.92 Å². The molecule has 0 bridgehead atoms. The van der Waals surface area contributed by atoms with E-state index in [-0.39, 0.29) is 0 Å². The minimum absolute atomic E-state index is 0.463. The van der Waals surface area contributed by atoms with E-state index in [4.69, 9.17) is 20.8 Å². The van der Waals surface area contributed by atoms with Gasteiger partial charge < -0.3 is 0 Å². The van der Waals surface area contributed by atoms with E-state index in [9.17, 15) is 0 Å². The number of hydrogen-bond acceptors (Lipinski definition) is 0. The van der Waals surface area contributed by atoms with Crippen molar-refractivity contribution in [3.8, 4) is 0 Å². The lowest BCUT2D eigenvalue weighted by Crippen LogP contribution is -1.80. The van der Waals surface area contributed by atoms with Gasteiger partial charge in [0.25, 0.3) is 0 Å². The molecule has 7 radical (unpaired) electrons. The molecule has 0 aliphatic rings. The van der Waals surface area contributed by atoms with E-state index in [1.54, 1.807) is 0 Å². The summed E-state index contributed by atoms with van der Waals surface area (Å²) < 4.78 is 0. The Labute approximate surface area is 34.2 Å². The van der Waals surface area contributed by atoms with E-state index in [0.29, 0.717) is 0 Å². The Morgan fingerprint density at radius 3 is 1.60 bits per heavy atom. The van der Waals surface area contributed by atoms with Crippen molar-refractivity contribution in [1.82, 2.24) is 0 Å². The third kappa shape index (κ3) is 4.00. The van der Waals surface area contributed by atoms with Crippen molar-refractivity contribution in [3.05, 3.63) is 27.2 Å². The van der Waals surface area contributed by atoms with Gasteiger partial charge in [0.15, 0.2) is 0 Å². The number of rotatable bonds is 1. The summed E-state index contributed by atoms with van der Waals surface area (Å²) in [6.45, 7) is 14.6. The highest BCUT2D eigenvalue weighted by atomic mass is 13.9. The summed E-state index contributed by atoms with van der Waals surface area (Å²) in [6, 6.07) is 0. The molecule has 0 aromatic rings. The van der Waals surface area contributed by atoms with Crippen LogP contribution in [0.5, 0.6) is 0 Å². The van der Waals surface area contributed by atoms with E-state index in [1.807, 2.05) is 0 Å². The molecular weight excluding hydrogens is 60.1 g/mol. The molecule has 0 aliphatic carbocycles. The van der Waals surface area contributed by atoms with Gasteiger partial charge in [0, 0.05) is 0 Å². The first-order valence-corrected chi connectivity index (χ1v) is 1.33. The van der Waals surface area contributed by atoms with Crippen molar-refractivity contribution in [3.63, 3.8) is 0 Å². The zero-order valence-electron chi connectivity index (χ0n) is 2.89. The third-order valence-corrected chi connectivity index (χ3v) is 0.222. The Kier molecular flexibility index (Phi) is 2.25. The molecule has 5 heavy (non-hydrogen) atoms. The largest absolute Gasteiger partial charge is 0.0312 e. The molecule has 0 nitrogen and oxygen atoms in total. The second-order valence-electron chi connectivity index (χ2n) is 0.770. The van der Waals surface area contributed by atoms with Crippen LogP contribution < -0.4 is 0 Å².